The van der Waals surface area contributed by atoms with Crippen LogP contribution < -0.4 is 14.8 Å². The van der Waals surface area contributed by atoms with Gasteiger partial charge in [-0.15, -0.1) is 0 Å². The summed E-state index contributed by atoms with van der Waals surface area (Å²) in [5.41, 5.74) is 1.23. The first kappa shape index (κ1) is 14.2. The molecule has 1 unspecified atom stereocenters. The summed E-state index contributed by atoms with van der Waals surface area (Å²) in [7, 11) is 1.70. The lowest BCUT2D eigenvalue weighted by atomic mass is 9.86. The molecule has 1 fully saturated rings. The Labute approximate surface area is 116 Å². The second-order valence-electron chi connectivity index (χ2n) is 5.30. The fourth-order valence-electron chi connectivity index (χ4n) is 2.36. The summed E-state index contributed by atoms with van der Waals surface area (Å²) in [6, 6.07) is 6.55. The Morgan fingerprint density at radius 3 is 2.68 bits per heavy atom. The van der Waals surface area contributed by atoms with Gasteiger partial charge in [0.2, 0.25) is 0 Å². The van der Waals surface area contributed by atoms with E-state index < -0.39 is 0 Å². The van der Waals surface area contributed by atoms with Gasteiger partial charge in [0.25, 0.3) is 0 Å². The summed E-state index contributed by atoms with van der Waals surface area (Å²) < 4.78 is 11.3. The Morgan fingerprint density at radius 2 is 2.11 bits per heavy atom. The smallest absolute Gasteiger partial charge is 0.161 e. The lowest BCUT2D eigenvalue weighted by Gasteiger charge is -2.25. The molecule has 106 valence electrons. The number of nitrogens with one attached hydrogen (secondary N) is 1. The molecule has 0 aromatic heterocycles. The largest absolute Gasteiger partial charge is 0.493 e. The minimum atomic E-state index is 0.333. The highest BCUT2D eigenvalue weighted by molar-refractivity contribution is 5.43. The van der Waals surface area contributed by atoms with Gasteiger partial charge in [0.1, 0.15) is 0 Å². The normalized spacial score (nSPS) is 16.8. The molecule has 0 saturated heterocycles. The molecule has 0 aliphatic heterocycles. The first-order valence-electron chi connectivity index (χ1n) is 7.28. The van der Waals surface area contributed by atoms with Gasteiger partial charge in [-0.05, 0) is 49.9 Å². The quantitative estimate of drug-likeness (QED) is 0.816. The molecule has 2 rings (SSSR count). The van der Waals surface area contributed by atoms with Crippen molar-refractivity contribution in [2.75, 3.05) is 20.3 Å². The van der Waals surface area contributed by atoms with Gasteiger partial charge in [-0.1, -0.05) is 19.4 Å². The number of benzene rings is 1. The van der Waals surface area contributed by atoms with Crippen LogP contribution in [0.3, 0.4) is 0 Å². The van der Waals surface area contributed by atoms with Crippen molar-refractivity contribution in [1.29, 1.82) is 0 Å². The zero-order chi connectivity index (χ0) is 13.7. The maximum absolute atomic E-state index is 5.88. The Balaban J connectivity index is 2.02. The van der Waals surface area contributed by atoms with Crippen LogP contribution in [-0.2, 0) is 0 Å². The zero-order valence-corrected chi connectivity index (χ0v) is 12.2. The summed E-state index contributed by atoms with van der Waals surface area (Å²) in [5, 5.41) is 3.40. The molecule has 1 N–H and O–H groups in total. The lowest BCUT2D eigenvalue weighted by molar-refractivity contribution is 0.176. The standard InChI is InChI=1S/C16H25NO2/c1-4-17-12(2)14-8-9-15(16(10-14)18-3)19-11-13-6-5-7-13/h8-10,12-13,17H,4-7,11H2,1-3H3. The minimum absolute atomic E-state index is 0.333. The van der Waals surface area contributed by atoms with Gasteiger partial charge in [0.05, 0.1) is 13.7 Å². The summed E-state index contributed by atoms with van der Waals surface area (Å²) >= 11 is 0. The SMILES string of the molecule is CCNC(C)c1ccc(OCC2CCC2)c(OC)c1. The molecule has 0 heterocycles. The minimum Gasteiger partial charge on any atom is -0.493 e. The van der Waals surface area contributed by atoms with Gasteiger partial charge in [-0.2, -0.15) is 0 Å². The molecule has 0 bridgehead atoms. The van der Waals surface area contributed by atoms with E-state index in [1.165, 1.54) is 24.8 Å². The predicted molar refractivity (Wildman–Crippen MR) is 77.9 cm³/mol. The van der Waals surface area contributed by atoms with Crippen LogP contribution in [0.5, 0.6) is 11.5 Å². The number of ether oxygens (including phenoxy) is 2. The number of hydrogen-bond donors (Lipinski definition) is 1. The van der Waals surface area contributed by atoms with Crippen LogP contribution >= 0.6 is 0 Å². The maximum Gasteiger partial charge on any atom is 0.161 e. The van der Waals surface area contributed by atoms with E-state index in [2.05, 4.69) is 31.3 Å². The van der Waals surface area contributed by atoms with Crippen LogP contribution in [0.25, 0.3) is 0 Å². The van der Waals surface area contributed by atoms with E-state index in [1.807, 2.05) is 6.07 Å². The van der Waals surface area contributed by atoms with E-state index in [0.29, 0.717) is 6.04 Å². The molecule has 3 nitrogen and oxygen atoms in total. The van der Waals surface area contributed by atoms with Gasteiger partial charge >= 0.3 is 0 Å². The molecule has 0 radical (unpaired) electrons. The van der Waals surface area contributed by atoms with Gasteiger partial charge in [-0.25, -0.2) is 0 Å². The molecule has 1 saturated carbocycles. The molecule has 1 aromatic rings. The van der Waals surface area contributed by atoms with Gasteiger partial charge in [0, 0.05) is 6.04 Å². The van der Waals surface area contributed by atoms with Gasteiger partial charge in [0.15, 0.2) is 11.5 Å². The molecule has 1 aliphatic rings. The summed E-state index contributed by atoms with van der Waals surface area (Å²) in [6.45, 7) is 6.05. The number of hydrogen-bond acceptors (Lipinski definition) is 3. The third-order valence-corrected chi connectivity index (χ3v) is 3.90. The second kappa shape index (κ2) is 6.80. The van der Waals surface area contributed by atoms with Crippen molar-refractivity contribution < 1.29 is 9.47 Å². The predicted octanol–water partition coefficient (Wildman–Crippen LogP) is 3.54. The Kier molecular flexibility index (Phi) is 5.08. The average Bonchev–Trinajstić information content (AvgIpc) is 2.37. The fourth-order valence-corrected chi connectivity index (χ4v) is 2.36. The van der Waals surface area contributed by atoms with E-state index in [4.69, 9.17) is 9.47 Å². The molecule has 0 spiro atoms. The van der Waals surface area contributed by atoms with Crippen LogP contribution in [-0.4, -0.2) is 20.3 Å². The molecule has 0 amide bonds. The first-order chi connectivity index (χ1) is 9.24. The van der Waals surface area contributed by atoms with E-state index in [9.17, 15) is 0 Å². The van der Waals surface area contributed by atoms with Crippen molar-refractivity contribution >= 4 is 0 Å². The van der Waals surface area contributed by atoms with E-state index in [-0.39, 0.29) is 0 Å². The van der Waals surface area contributed by atoms with Crippen LogP contribution in [0.2, 0.25) is 0 Å². The average molecular weight is 263 g/mol. The lowest BCUT2D eigenvalue weighted by Crippen LogP contribution is -2.20. The topological polar surface area (TPSA) is 30.5 Å². The van der Waals surface area contributed by atoms with E-state index >= 15 is 0 Å². The maximum atomic E-state index is 5.88. The first-order valence-corrected chi connectivity index (χ1v) is 7.28. The molecule has 1 aliphatic carbocycles. The summed E-state index contributed by atoms with van der Waals surface area (Å²) in [4.78, 5) is 0. The van der Waals surface area contributed by atoms with Gasteiger partial charge < -0.3 is 14.8 Å². The molecule has 1 atom stereocenters. The highest BCUT2D eigenvalue weighted by Crippen LogP contribution is 2.33. The number of rotatable bonds is 7. The monoisotopic (exact) mass is 263 g/mol. The van der Waals surface area contributed by atoms with Crippen LogP contribution in [0, 0.1) is 5.92 Å². The molecule has 3 heteroatoms. The van der Waals surface area contributed by atoms with Crippen molar-refractivity contribution in [2.24, 2.45) is 5.92 Å². The van der Waals surface area contributed by atoms with Crippen molar-refractivity contribution in [1.82, 2.24) is 5.32 Å². The third-order valence-electron chi connectivity index (χ3n) is 3.90. The van der Waals surface area contributed by atoms with Crippen LogP contribution in [0.15, 0.2) is 18.2 Å². The third kappa shape index (κ3) is 3.63. The van der Waals surface area contributed by atoms with E-state index in [0.717, 1.165) is 30.6 Å². The van der Waals surface area contributed by atoms with Crippen molar-refractivity contribution in [3.05, 3.63) is 23.8 Å². The Hall–Kier alpha value is -1.22. The molecular weight excluding hydrogens is 238 g/mol. The zero-order valence-electron chi connectivity index (χ0n) is 12.2. The molecule has 19 heavy (non-hydrogen) atoms. The molecule has 1 aromatic carbocycles. The molecular formula is C16H25NO2. The highest BCUT2D eigenvalue weighted by Gasteiger charge is 2.19. The van der Waals surface area contributed by atoms with Gasteiger partial charge in [-0.3, -0.25) is 0 Å². The van der Waals surface area contributed by atoms with E-state index in [1.54, 1.807) is 7.11 Å². The highest BCUT2D eigenvalue weighted by atomic mass is 16.5. The van der Waals surface area contributed by atoms with Crippen molar-refractivity contribution in [2.45, 2.75) is 39.2 Å². The summed E-state index contributed by atoms with van der Waals surface area (Å²) in [6.07, 6.45) is 3.96. The van der Waals surface area contributed by atoms with Crippen molar-refractivity contribution in [3.8, 4) is 11.5 Å². The number of methoxy groups -OCH3 is 1. The van der Waals surface area contributed by atoms with Crippen LogP contribution in [0.1, 0.15) is 44.7 Å². The fraction of sp³-hybridized carbons (Fsp3) is 0.625. The van der Waals surface area contributed by atoms with Crippen LogP contribution in [0.4, 0.5) is 0 Å². The summed E-state index contributed by atoms with van der Waals surface area (Å²) in [5.74, 6) is 2.44. The van der Waals surface area contributed by atoms with Crippen molar-refractivity contribution in [3.63, 3.8) is 0 Å². The Morgan fingerprint density at radius 1 is 1.32 bits per heavy atom. The Bertz CT molecular complexity index is 402. The second-order valence-corrected chi connectivity index (χ2v) is 5.30.